The van der Waals surface area contributed by atoms with Crippen molar-refractivity contribution >= 4 is 29.1 Å². The zero-order valence-corrected chi connectivity index (χ0v) is 10.8. The average Bonchev–Trinajstić information content (AvgIpc) is 2.30. The van der Waals surface area contributed by atoms with Gasteiger partial charge in [-0.2, -0.15) is 0 Å². The van der Waals surface area contributed by atoms with Gasteiger partial charge in [0.05, 0.1) is 5.52 Å². The van der Waals surface area contributed by atoms with Crippen LogP contribution in [0.1, 0.15) is 12.0 Å². The fourth-order valence-electron chi connectivity index (χ4n) is 1.76. The number of benzene rings is 1. The highest BCUT2D eigenvalue weighted by Gasteiger charge is 2.00. The molecule has 92 valence electrons. The third-order valence-electron chi connectivity index (χ3n) is 2.61. The number of halogens is 1. The van der Waals surface area contributed by atoms with E-state index in [9.17, 15) is 0 Å². The van der Waals surface area contributed by atoms with Gasteiger partial charge in [0.25, 0.3) is 0 Å². The minimum absolute atomic E-state index is 0. The van der Waals surface area contributed by atoms with Crippen molar-refractivity contribution in [1.29, 1.82) is 0 Å². The summed E-state index contributed by atoms with van der Waals surface area (Å²) in [6, 6.07) is 10.3. The molecule has 0 saturated heterocycles. The standard InChI is InChI=1S/C13H17N3.ClH/c1-10-9-13(15-8-4-7-14)16-12-6-3-2-5-11(10)12;/h2-3,5-6,9H,4,7-8,14H2,1H3,(H,15,16);1H. The summed E-state index contributed by atoms with van der Waals surface area (Å²) in [5, 5.41) is 4.50. The maximum absolute atomic E-state index is 5.45. The Morgan fingerprint density at radius 1 is 1.29 bits per heavy atom. The maximum Gasteiger partial charge on any atom is 0.126 e. The average molecular weight is 252 g/mol. The topological polar surface area (TPSA) is 50.9 Å². The number of nitrogens with zero attached hydrogens (tertiary/aromatic N) is 1. The molecule has 0 unspecified atom stereocenters. The third-order valence-corrected chi connectivity index (χ3v) is 2.61. The van der Waals surface area contributed by atoms with Gasteiger partial charge in [0.1, 0.15) is 5.82 Å². The lowest BCUT2D eigenvalue weighted by Gasteiger charge is -2.08. The lowest BCUT2D eigenvalue weighted by atomic mass is 10.1. The molecule has 0 bridgehead atoms. The van der Waals surface area contributed by atoms with Crippen LogP contribution in [0.3, 0.4) is 0 Å². The second kappa shape index (κ2) is 6.42. The summed E-state index contributed by atoms with van der Waals surface area (Å²) in [6.07, 6.45) is 0.966. The molecule has 0 amide bonds. The molecule has 1 heterocycles. The lowest BCUT2D eigenvalue weighted by Crippen LogP contribution is -2.09. The van der Waals surface area contributed by atoms with Gasteiger partial charge >= 0.3 is 0 Å². The number of anilines is 1. The van der Waals surface area contributed by atoms with Crippen LogP contribution < -0.4 is 11.1 Å². The van der Waals surface area contributed by atoms with E-state index in [1.807, 2.05) is 18.2 Å². The Hall–Kier alpha value is -1.32. The Morgan fingerprint density at radius 2 is 2.06 bits per heavy atom. The number of nitrogens with one attached hydrogen (secondary N) is 1. The number of fused-ring (bicyclic) bond motifs is 1. The summed E-state index contributed by atoms with van der Waals surface area (Å²) < 4.78 is 0. The van der Waals surface area contributed by atoms with Crippen LogP contribution >= 0.6 is 12.4 Å². The first-order chi connectivity index (χ1) is 7.81. The van der Waals surface area contributed by atoms with Crippen LogP contribution in [0, 0.1) is 6.92 Å². The van der Waals surface area contributed by atoms with Crippen molar-refractivity contribution in [3.05, 3.63) is 35.9 Å². The Morgan fingerprint density at radius 3 is 2.82 bits per heavy atom. The van der Waals surface area contributed by atoms with Crippen LogP contribution in [0.4, 0.5) is 5.82 Å². The van der Waals surface area contributed by atoms with Crippen molar-refractivity contribution in [2.24, 2.45) is 5.73 Å². The summed E-state index contributed by atoms with van der Waals surface area (Å²) in [6.45, 7) is 3.69. The van der Waals surface area contributed by atoms with Gasteiger partial charge in [-0.1, -0.05) is 18.2 Å². The Kier molecular flexibility index (Phi) is 5.19. The van der Waals surface area contributed by atoms with E-state index in [1.54, 1.807) is 0 Å². The van der Waals surface area contributed by atoms with Crippen LogP contribution in [0.2, 0.25) is 0 Å². The van der Waals surface area contributed by atoms with Gasteiger partial charge in [-0.05, 0) is 37.6 Å². The molecule has 3 nitrogen and oxygen atoms in total. The molecule has 4 heteroatoms. The molecule has 0 aliphatic heterocycles. The molecule has 3 N–H and O–H groups in total. The molecule has 0 fully saturated rings. The number of rotatable bonds is 4. The second-order valence-electron chi connectivity index (χ2n) is 3.91. The van der Waals surface area contributed by atoms with E-state index in [-0.39, 0.29) is 12.4 Å². The van der Waals surface area contributed by atoms with E-state index >= 15 is 0 Å². The van der Waals surface area contributed by atoms with Crippen molar-refractivity contribution in [3.8, 4) is 0 Å². The summed E-state index contributed by atoms with van der Waals surface area (Å²) in [7, 11) is 0. The zero-order chi connectivity index (χ0) is 11.4. The Balaban J connectivity index is 0.00000144. The summed E-state index contributed by atoms with van der Waals surface area (Å²) >= 11 is 0. The molecule has 2 rings (SSSR count). The van der Waals surface area contributed by atoms with Gasteiger partial charge in [0.15, 0.2) is 0 Å². The molecule has 0 atom stereocenters. The first kappa shape index (κ1) is 13.7. The first-order valence-electron chi connectivity index (χ1n) is 5.61. The van der Waals surface area contributed by atoms with Crippen molar-refractivity contribution in [2.75, 3.05) is 18.4 Å². The number of nitrogens with two attached hydrogens (primary N) is 1. The van der Waals surface area contributed by atoms with Crippen LogP contribution in [0.25, 0.3) is 10.9 Å². The number of aromatic nitrogens is 1. The maximum atomic E-state index is 5.45. The Labute approximate surface area is 108 Å². The van der Waals surface area contributed by atoms with Gasteiger partial charge < -0.3 is 11.1 Å². The van der Waals surface area contributed by atoms with Crippen LogP contribution in [-0.2, 0) is 0 Å². The molecule has 0 aliphatic carbocycles. The van der Waals surface area contributed by atoms with Crippen molar-refractivity contribution in [2.45, 2.75) is 13.3 Å². The van der Waals surface area contributed by atoms with Gasteiger partial charge in [-0.25, -0.2) is 4.98 Å². The van der Waals surface area contributed by atoms with Crippen LogP contribution in [-0.4, -0.2) is 18.1 Å². The second-order valence-corrected chi connectivity index (χ2v) is 3.91. The predicted octanol–water partition coefficient (Wildman–Crippen LogP) is 2.73. The third kappa shape index (κ3) is 3.32. The minimum atomic E-state index is 0. The van der Waals surface area contributed by atoms with Gasteiger partial charge in [0, 0.05) is 11.9 Å². The largest absolute Gasteiger partial charge is 0.370 e. The lowest BCUT2D eigenvalue weighted by molar-refractivity contribution is 0.871. The fraction of sp³-hybridized carbons (Fsp3) is 0.308. The number of hydrogen-bond acceptors (Lipinski definition) is 3. The molecular formula is C13H18ClN3. The van der Waals surface area contributed by atoms with Crippen LogP contribution in [0.5, 0.6) is 0 Å². The summed E-state index contributed by atoms with van der Waals surface area (Å²) in [5.41, 5.74) is 7.74. The number of pyridine rings is 1. The van der Waals surface area contributed by atoms with E-state index < -0.39 is 0 Å². The SMILES string of the molecule is Cc1cc(NCCCN)nc2ccccc12.Cl. The van der Waals surface area contributed by atoms with Crippen molar-refractivity contribution in [1.82, 2.24) is 4.98 Å². The van der Waals surface area contributed by atoms with Crippen molar-refractivity contribution < 1.29 is 0 Å². The molecular weight excluding hydrogens is 234 g/mol. The molecule has 0 aliphatic rings. The first-order valence-corrected chi connectivity index (χ1v) is 5.61. The summed E-state index contributed by atoms with van der Waals surface area (Å²) in [4.78, 5) is 4.56. The van der Waals surface area contributed by atoms with Gasteiger partial charge in [-0.15, -0.1) is 12.4 Å². The van der Waals surface area contributed by atoms with E-state index in [1.165, 1.54) is 10.9 Å². The summed E-state index contributed by atoms with van der Waals surface area (Å²) in [5.74, 6) is 0.935. The normalized spacial score (nSPS) is 10.0. The van der Waals surface area contributed by atoms with Crippen LogP contribution in [0.15, 0.2) is 30.3 Å². The van der Waals surface area contributed by atoms with E-state index in [0.29, 0.717) is 6.54 Å². The highest BCUT2D eigenvalue weighted by molar-refractivity contribution is 5.85. The number of para-hydroxylation sites is 1. The molecule has 1 aromatic heterocycles. The van der Waals surface area contributed by atoms with E-state index in [2.05, 4.69) is 29.4 Å². The molecule has 0 radical (unpaired) electrons. The van der Waals surface area contributed by atoms with Gasteiger partial charge in [0.2, 0.25) is 0 Å². The molecule has 0 saturated carbocycles. The Bertz CT molecular complexity index is 485. The highest BCUT2D eigenvalue weighted by Crippen LogP contribution is 2.19. The molecule has 0 spiro atoms. The zero-order valence-electron chi connectivity index (χ0n) is 9.94. The highest BCUT2D eigenvalue weighted by atomic mass is 35.5. The molecule has 2 aromatic rings. The predicted molar refractivity (Wildman–Crippen MR) is 75.9 cm³/mol. The number of aryl methyl sites for hydroxylation is 1. The molecule has 1 aromatic carbocycles. The minimum Gasteiger partial charge on any atom is -0.370 e. The molecule has 17 heavy (non-hydrogen) atoms. The van der Waals surface area contributed by atoms with E-state index in [0.717, 1.165) is 24.3 Å². The quantitative estimate of drug-likeness (QED) is 0.822. The number of hydrogen-bond donors (Lipinski definition) is 2. The monoisotopic (exact) mass is 251 g/mol. The van der Waals surface area contributed by atoms with E-state index in [4.69, 9.17) is 5.73 Å². The van der Waals surface area contributed by atoms with Crippen molar-refractivity contribution in [3.63, 3.8) is 0 Å². The van der Waals surface area contributed by atoms with Gasteiger partial charge in [-0.3, -0.25) is 0 Å². The fourth-order valence-corrected chi connectivity index (χ4v) is 1.76. The smallest absolute Gasteiger partial charge is 0.126 e.